The van der Waals surface area contributed by atoms with E-state index < -0.39 is 5.54 Å². The summed E-state index contributed by atoms with van der Waals surface area (Å²) in [5.74, 6) is 0.533. The summed E-state index contributed by atoms with van der Waals surface area (Å²) in [6, 6.07) is 0.221. The van der Waals surface area contributed by atoms with E-state index in [0.717, 1.165) is 4.47 Å². The van der Waals surface area contributed by atoms with Gasteiger partial charge in [-0.05, 0) is 22.9 Å². The van der Waals surface area contributed by atoms with Gasteiger partial charge in [0.25, 0.3) is 0 Å². The van der Waals surface area contributed by atoms with Crippen LogP contribution < -0.4 is 10.6 Å². The smallest absolute Gasteiger partial charge is 0.222 e. The Labute approximate surface area is 114 Å². The van der Waals surface area contributed by atoms with E-state index in [1.54, 1.807) is 12.4 Å². The van der Waals surface area contributed by atoms with Crippen molar-refractivity contribution in [1.29, 1.82) is 0 Å². The van der Waals surface area contributed by atoms with E-state index >= 15 is 0 Å². The van der Waals surface area contributed by atoms with Gasteiger partial charge < -0.3 is 20.5 Å². The molecule has 0 amide bonds. The first-order chi connectivity index (χ1) is 8.63. The van der Waals surface area contributed by atoms with Crippen LogP contribution in [0.3, 0.4) is 0 Å². The van der Waals surface area contributed by atoms with Crippen LogP contribution in [0.1, 0.15) is 6.92 Å². The lowest BCUT2D eigenvalue weighted by Gasteiger charge is -2.39. The lowest BCUT2D eigenvalue weighted by atomic mass is 9.99. The van der Waals surface area contributed by atoms with Crippen molar-refractivity contribution < 1.29 is 9.84 Å². The largest absolute Gasteiger partial charge is 0.394 e. The molecule has 1 aliphatic rings. The van der Waals surface area contributed by atoms with Gasteiger partial charge in [0, 0.05) is 25.0 Å². The Kier molecular flexibility index (Phi) is 4.50. The van der Waals surface area contributed by atoms with Crippen molar-refractivity contribution in [1.82, 2.24) is 15.3 Å². The van der Waals surface area contributed by atoms with Crippen LogP contribution in [0.25, 0.3) is 0 Å². The van der Waals surface area contributed by atoms with Gasteiger partial charge in [-0.2, -0.15) is 0 Å². The lowest BCUT2D eigenvalue weighted by Crippen LogP contribution is -2.63. The molecule has 0 spiro atoms. The van der Waals surface area contributed by atoms with Crippen molar-refractivity contribution in [3.63, 3.8) is 0 Å². The Morgan fingerprint density at radius 2 is 2.33 bits per heavy atom. The average Bonchev–Trinajstić information content (AvgIpc) is 2.38. The van der Waals surface area contributed by atoms with Crippen LogP contribution in [-0.2, 0) is 4.74 Å². The molecule has 1 saturated heterocycles. The molecule has 1 aromatic heterocycles. The van der Waals surface area contributed by atoms with E-state index in [1.807, 2.05) is 6.92 Å². The van der Waals surface area contributed by atoms with Gasteiger partial charge in [-0.15, -0.1) is 0 Å². The van der Waals surface area contributed by atoms with E-state index in [4.69, 9.17) is 4.74 Å². The highest BCUT2D eigenvalue weighted by Gasteiger charge is 2.34. The molecular formula is C11H17BrN4O2. The highest BCUT2D eigenvalue weighted by Crippen LogP contribution is 2.13. The van der Waals surface area contributed by atoms with E-state index in [-0.39, 0.29) is 12.6 Å². The maximum atomic E-state index is 9.55. The summed E-state index contributed by atoms with van der Waals surface area (Å²) >= 11 is 3.28. The average molecular weight is 317 g/mol. The zero-order valence-electron chi connectivity index (χ0n) is 10.2. The van der Waals surface area contributed by atoms with Crippen molar-refractivity contribution in [3.8, 4) is 0 Å². The molecular weight excluding hydrogens is 300 g/mol. The van der Waals surface area contributed by atoms with Crippen molar-refractivity contribution in [2.24, 2.45) is 0 Å². The first kappa shape index (κ1) is 13.7. The number of morpholine rings is 1. The second-order valence-corrected chi connectivity index (χ2v) is 5.49. The number of nitrogens with one attached hydrogen (secondary N) is 2. The topological polar surface area (TPSA) is 79.3 Å². The maximum absolute atomic E-state index is 9.55. The van der Waals surface area contributed by atoms with Crippen LogP contribution in [0.4, 0.5) is 5.95 Å². The summed E-state index contributed by atoms with van der Waals surface area (Å²) < 4.78 is 6.32. The second-order valence-electron chi connectivity index (χ2n) is 4.58. The molecule has 2 atom stereocenters. The maximum Gasteiger partial charge on any atom is 0.222 e. The van der Waals surface area contributed by atoms with Crippen molar-refractivity contribution >= 4 is 21.9 Å². The minimum Gasteiger partial charge on any atom is -0.394 e. The van der Waals surface area contributed by atoms with E-state index in [0.29, 0.717) is 25.7 Å². The molecule has 6 nitrogen and oxygen atoms in total. The van der Waals surface area contributed by atoms with Gasteiger partial charge in [-0.3, -0.25) is 0 Å². The molecule has 0 aromatic carbocycles. The molecule has 1 aliphatic heterocycles. The van der Waals surface area contributed by atoms with E-state index in [1.165, 1.54) is 0 Å². The predicted octanol–water partition coefficient (Wildman–Crippen LogP) is 0.390. The summed E-state index contributed by atoms with van der Waals surface area (Å²) in [6.45, 7) is 3.67. The zero-order valence-corrected chi connectivity index (χ0v) is 11.8. The van der Waals surface area contributed by atoms with Gasteiger partial charge in [0.15, 0.2) is 0 Å². The number of anilines is 1. The lowest BCUT2D eigenvalue weighted by molar-refractivity contribution is -0.0158. The van der Waals surface area contributed by atoms with Crippen LogP contribution in [0.15, 0.2) is 16.9 Å². The molecule has 0 saturated carbocycles. The number of halogens is 1. The highest BCUT2D eigenvalue weighted by atomic mass is 79.9. The third-order valence-electron chi connectivity index (χ3n) is 2.81. The molecule has 7 heteroatoms. The Morgan fingerprint density at radius 1 is 1.61 bits per heavy atom. The molecule has 18 heavy (non-hydrogen) atoms. The van der Waals surface area contributed by atoms with Gasteiger partial charge in [0.1, 0.15) is 0 Å². The van der Waals surface area contributed by atoms with Crippen LogP contribution in [0, 0.1) is 0 Å². The van der Waals surface area contributed by atoms with Crippen molar-refractivity contribution in [3.05, 3.63) is 16.9 Å². The predicted molar refractivity (Wildman–Crippen MR) is 71.5 cm³/mol. The first-order valence-corrected chi connectivity index (χ1v) is 6.61. The number of rotatable bonds is 4. The number of aliphatic hydroxyl groups is 1. The number of aliphatic hydroxyl groups excluding tert-OH is 1. The monoisotopic (exact) mass is 316 g/mol. The Balaban J connectivity index is 1.96. The number of aromatic nitrogens is 2. The summed E-state index contributed by atoms with van der Waals surface area (Å²) in [5.41, 5.74) is -0.478. The van der Waals surface area contributed by atoms with Gasteiger partial charge >= 0.3 is 0 Å². The summed E-state index contributed by atoms with van der Waals surface area (Å²) in [6.07, 6.45) is 3.35. The quantitative estimate of drug-likeness (QED) is 0.746. The molecule has 1 aromatic rings. The molecule has 0 radical (unpaired) electrons. The number of ether oxygens (including phenoxy) is 1. The minimum absolute atomic E-state index is 0.000861. The van der Waals surface area contributed by atoms with E-state index in [9.17, 15) is 5.11 Å². The molecule has 0 aliphatic carbocycles. The Hall–Kier alpha value is -0.760. The van der Waals surface area contributed by atoms with Crippen LogP contribution in [0.2, 0.25) is 0 Å². The molecule has 0 unspecified atom stereocenters. The summed E-state index contributed by atoms with van der Waals surface area (Å²) in [5, 5.41) is 16.0. The minimum atomic E-state index is -0.478. The van der Waals surface area contributed by atoms with Gasteiger partial charge in [-0.25, -0.2) is 9.97 Å². The van der Waals surface area contributed by atoms with Crippen LogP contribution >= 0.6 is 15.9 Å². The summed E-state index contributed by atoms with van der Waals surface area (Å²) in [7, 11) is 0. The number of nitrogens with zero attached hydrogens (tertiary/aromatic N) is 2. The van der Waals surface area contributed by atoms with Gasteiger partial charge in [0.05, 0.1) is 29.8 Å². The first-order valence-electron chi connectivity index (χ1n) is 5.81. The highest BCUT2D eigenvalue weighted by molar-refractivity contribution is 9.10. The molecule has 2 heterocycles. The molecule has 3 N–H and O–H groups in total. The molecule has 1 fully saturated rings. The fourth-order valence-electron chi connectivity index (χ4n) is 1.94. The molecule has 0 bridgehead atoms. The number of hydrogen-bond donors (Lipinski definition) is 3. The third-order valence-corrected chi connectivity index (χ3v) is 3.22. The van der Waals surface area contributed by atoms with Crippen LogP contribution in [0.5, 0.6) is 0 Å². The normalized spacial score (nSPS) is 28.1. The Bertz CT molecular complexity index is 389. The molecule has 100 valence electrons. The second kappa shape index (κ2) is 5.92. The standard InChI is InChI=1S/C11H17BrN4O2/c1-8-4-18-7-11(6-17,16-8)5-15-10-13-2-9(12)3-14-10/h2-3,8,16-17H,4-7H2,1H3,(H,13,14,15)/t8-,11+/m1/s1. The Morgan fingerprint density at radius 3 is 2.94 bits per heavy atom. The van der Waals surface area contributed by atoms with Crippen molar-refractivity contribution in [2.75, 3.05) is 31.7 Å². The SMILES string of the molecule is C[C@@H]1COC[C@@](CO)(CNc2ncc(Br)cn2)N1. The van der Waals surface area contributed by atoms with Gasteiger partial charge in [-0.1, -0.05) is 0 Å². The third kappa shape index (κ3) is 3.38. The fourth-order valence-corrected chi connectivity index (χ4v) is 2.14. The van der Waals surface area contributed by atoms with Crippen molar-refractivity contribution in [2.45, 2.75) is 18.5 Å². The number of hydrogen-bond acceptors (Lipinski definition) is 6. The zero-order chi connectivity index (χ0) is 13.0. The van der Waals surface area contributed by atoms with Gasteiger partial charge in [0.2, 0.25) is 5.95 Å². The fraction of sp³-hybridized carbons (Fsp3) is 0.636. The van der Waals surface area contributed by atoms with Crippen LogP contribution in [-0.4, -0.2) is 53.0 Å². The summed E-state index contributed by atoms with van der Waals surface area (Å²) in [4.78, 5) is 8.26. The molecule has 2 rings (SSSR count). The van der Waals surface area contributed by atoms with E-state index in [2.05, 4.69) is 36.5 Å².